The van der Waals surface area contributed by atoms with E-state index in [1.165, 1.54) is 0 Å². The number of hydrogen-bond acceptors (Lipinski definition) is 5. The Morgan fingerprint density at radius 3 is 2.59 bits per heavy atom. The first-order valence-corrected chi connectivity index (χ1v) is 9.84. The summed E-state index contributed by atoms with van der Waals surface area (Å²) < 4.78 is 27.3. The number of thiazole rings is 1. The van der Waals surface area contributed by atoms with Crippen molar-refractivity contribution in [2.45, 2.75) is 24.6 Å². The zero-order valence-electron chi connectivity index (χ0n) is 12.2. The fraction of sp³-hybridized carbons (Fsp3) is 0.400. The van der Waals surface area contributed by atoms with Gasteiger partial charge in [0.15, 0.2) is 5.13 Å². The van der Waals surface area contributed by atoms with Gasteiger partial charge in [-0.15, -0.1) is 11.3 Å². The van der Waals surface area contributed by atoms with Gasteiger partial charge in [-0.3, -0.25) is 0 Å². The average Bonchev–Trinajstić information content (AvgIpc) is 3.02. The summed E-state index contributed by atoms with van der Waals surface area (Å²) in [7, 11) is -3.29. The van der Waals surface area contributed by atoms with E-state index in [1.807, 2.05) is 35.7 Å². The molecule has 1 aliphatic heterocycles. The van der Waals surface area contributed by atoms with Crippen molar-refractivity contribution in [2.24, 2.45) is 0 Å². The Balaban J connectivity index is 1.53. The Bertz CT molecular complexity index is 679. The second-order valence-corrected chi connectivity index (χ2v) is 8.07. The molecule has 2 heterocycles. The van der Waals surface area contributed by atoms with Crippen LogP contribution < -0.4 is 9.62 Å². The van der Waals surface area contributed by atoms with E-state index in [4.69, 9.17) is 0 Å². The van der Waals surface area contributed by atoms with Gasteiger partial charge in [0.25, 0.3) is 0 Å². The molecule has 0 aliphatic carbocycles. The third-order valence-electron chi connectivity index (χ3n) is 3.73. The van der Waals surface area contributed by atoms with E-state index in [1.54, 1.807) is 17.5 Å². The number of sulfonamides is 1. The van der Waals surface area contributed by atoms with Crippen LogP contribution in [-0.2, 0) is 15.8 Å². The van der Waals surface area contributed by atoms with E-state index >= 15 is 0 Å². The van der Waals surface area contributed by atoms with Gasteiger partial charge in [0.2, 0.25) is 10.0 Å². The second-order valence-electron chi connectivity index (χ2n) is 5.44. The number of anilines is 1. The molecule has 0 bridgehead atoms. The molecule has 0 radical (unpaired) electrons. The Labute approximate surface area is 135 Å². The van der Waals surface area contributed by atoms with Gasteiger partial charge in [-0.25, -0.2) is 18.1 Å². The van der Waals surface area contributed by atoms with Crippen LogP contribution in [0.3, 0.4) is 0 Å². The van der Waals surface area contributed by atoms with Crippen LogP contribution in [0.25, 0.3) is 0 Å². The minimum Gasteiger partial charge on any atom is -0.348 e. The number of hydrogen-bond donors (Lipinski definition) is 1. The van der Waals surface area contributed by atoms with Gasteiger partial charge < -0.3 is 4.90 Å². The van der Waals surface area contributed by atoms with Crippen LogP contribution in [-0.4, -0.2) is 32.5 Å². The van der Waals surface area contributed by atoms with Crippen LogP contribution in [0.15, 0.2) is 41.9 Å². The highest BCUT2D eigenvalue weighted by molar-refractivity contribution is 7.88. The lowest BCUT2D eigenvalue weighted by Gasteiger charge is -2.31. The molecule has 0 spiro atoms. The molecule has 1 aromatic carbocycles. The number of piperidine rings is 1. The van der Waals surface area contributed by atoms with E-state index in [9.17, 15) is 8.42 Å². The van der Waals surface area contributed by atoms with E-state index in [-0.39, 0.29) is 11.8 Å². The summed E-state index contributed by atoms with van der Waals surface area (Å²) in [6.45, 7) is 1.68. The highest BCUT2D eigenvalue weighted by Gasteiger charge is 2.24. The van der Waals surface area contributed by atoms with Crippen LogP contribution in [0, 0.1) is 0 Å². The zero-order chi connectivity index (χ0) is 15.4. The van der Waals surface area contributed by atoms with Gasteiger partial charge in [-0.2, -0.15) is 0 Å². The molecule has 0 saturated carbocycles. The predicted molar refractivity (Wildman–Crippen MR) is 89.6 cm³/mol. The third kappa shape index (κ3) is 4.06. The smallest absolute Gasteiger partial charge is 0.216 e. The average molecular weight is 337 g/mol. The fourth-order valence-corrected chi connectivity index (χ4v) is 4.80. The number of benzene rings is 1. The van der Waals surface area contributed by atoms with Crippen LogP contribution in [0.1, 0.15) is 18.4 Å². The summed E-state index contributed by atoms with van der Waals surface area (Å²) in [6.07, 6.45) is 3.43. The molecular weight excluding hydrogens is 318 g/mol. The summed E-state index contributed by atoms with van der Waals surface area (Å²) in [5.74, 6) is 0.0422. The lowest BCUT2D eigenvalue weighted by atomic mass is 10.1. The van der Waals surface area contributed by atoms with E-state index < -0.39 is 10.0 Å². The number of nitrogens with zero attached hydrogens (tertiary/aromatic N) is 2. The standard InChI is InChI=1S/C15H19N3O2S2/c19-22(20,12-13-4-2-1-3-5-13)17-14-6-9-18(10-7-14)15-16-8-11-21-15/h1-5,8,11,14,17H,6-7,9-10,12H2. The molecule has 1 fully saturated rings. The summed E-state index contributed by atoms with van der Waals surface area (Å²) in [5, 5.41) is 2.98. The first kappa shape index (κ1) is 15.5. The topological polar surface area (TPSA) is 62.3 Å². The highest BCUT2D eigenvalue weighted by Crippen LogP contribution is 2.22. The SMILES string of the molecule is O=S(=O)(Cc1ccccc1)NC1CCN(c2nccs2)CC1. The summed E-state index contributed by atoms with van der Waals surface area (Å²) >= 11 is 1.62. The molecule has 118 valence electrons. The van der Waals surface area contributed by atoms with Gasteiger partial charge >= 0.3 is 0 Å². The maximum absolute atomic E-state index is 12.2. The van der Waals surface area contributed by atoms with Gasteiger partial charge in [0, 0.05) is 30.7 Å². The maximum Gasteiger partial charge on any atom is 0.216 e. The summed E-state index contributed by atoms with van der Waals surface area (Å²) in [4.78, 5) is 6.52. The Morgan fingerprint density at radius 2 is 1.95 bits per heavy atom. The lowest BCUT2D eigenvalue weighted by molar-refractivity contribution is 0.459. The third-order valence-corrected chi connectivity index (χ3v) is 5.97. The number of aromatic nitrogens is 1. The molecule has 2 aromatic rings. The molecule has 1 saturated heterocycles. The molecule has 0 amide bonds. The molecule has 1 aromatic heterocycles. The van der Waals surface area contributed by atoms with Crippen LogP contribution >= 0.6 is 11.3 Å². The molecule has 5 nitrogen and oxygen atoms in total. The number of nitrogens with one attached hydrogen (secondary N) is 1. The van der Waals surface area contributed by atoms with E-state index in [2.05, 4.69) is 14.6 Å². The lowest BCUT2D eigenvalue weighted by Crippen LogP contribution is -2.44. The first-order chi connectivity index (χ1) is 10.6. The summed E-state index contributed by atoms with van der Waals surface area (Å²) in [5.41, 5.74) is 0.815. The molecular formula is C15H19N3O2S2. The molecule has 0 atom stereocenters. The van der Waals surface area contributed by atoms with Crippen LogP contribution in [0.4, 0.5) is 5.13 Å². The van der Waals surface area contributed by atoms with E-state index in [0.29, 0.717) is 0 Å². The molecule has 1 N–H and O–H groups in total. The van der Waals surface area contributed by atoms with Gasteiger partial charge in [-0.1, -0.05) is 30.3 Å². The first-order valence-electron chi connectivity index (χ1n) is 7.31. The molecule has 22 heavy (non-hydrogen) atoms. The van der Waals surface area contributed by atoms with Crippen molar-refractivity contribution in [3.63, 3.8) is 0 Å². The van der Waals surface area contributed by atoms with Gasteiger partial charge in [0.05, 0.1) is 5.75 Å². The Hall–Kier alpha value is -1.44. The fourth-order valence-electron chi connectivity index (χ4n) is 2.65. The Kier molecular flexibility index (Phi) is 4.75. The molecule has 1 aliphatic rings. The van der Waals surface area contributed by atoms with E-state index in [0.717, 1.165) is 36.6 Å². The summed E-state index contributed by atoms with van der Waals surface area (Å²) in [6, 6.07) is 9.30. The Morgan fingerprint density at radius 1 is 1.23 bits per heavy atom. The monoisotopic (exact) mass is 337 g/mol. The maximum atomic E-state index is 12.2. The normalized spacial score (nSPS) is 16.8. The van der Waals surface area contributed by atoms with Crippen molar-refractivity contribution in [3.05, 3.63) is 47.5 Å². The van der Waals surface area contributed by atoms with Gasteiger partial charge in [-0.05, 0) is 18.4 Å². The minimum absolute atomic E-state index is 0.0184. The molecule has 7 heteroatoms. The van der Waals surface area contributed by atoms with Crippen LogP contribution in [0.2, 0.25) is 0 Å². The zero-order valence-corrected chi connectivity index (χ0v) is 13.8. The predicted octanol–water partition coefficient (Wildman–Crippen LogP) is 2.23. The number of rotatable bonds is 5. The second kappa shape index (κ2) is 6.76. The largest absolute Gasteiger partial charge is 0.348 e. The quantitative estimate of drug-likeness (QED) is 0.909. The van der Waals surface area contributed by atoms with Crippen molar-refractivity contribution >= 4 is 26.5 Å². The van der Waals surface area contributed by atoms with Gasteiger partial charge in [0.1, 0.15) is 0 Å². The van der Waals surface area contributed by atoms with Crippen molar-refractivity contribution in [2.75, 3.05) is 18.0 Å². The van der Waals surface area contributed by atoms with Crippen LogP contribution in [0.5, 0.6) is 0 Å². The highest BCUT2D eigenvalue weighted by atomic mass is 32.2. The van der Waals surface area contributed by atoms with Crippen molar-refractivity contribution in [1.82, 2.24) is 9.71 Å². The minimum atomic E-state index is -3.29. The van der Waals surface area contributed by atoms with Crippen molar-refractivity contribution < 1.29 is 8.42 Å². The van der Waals surface area contributed by atoms with Crippen molar-refractivity contribution in [3.8, 4) is 0 Å². The van der Waals surface area contributed by atoms with Crippen molar-refractivity contribution in [1.29, 1.82) is 0 Å². The molecule has 0 unspecified atom stereocenters. The molecule has 3 rings (SSSR count).